The zero-order chi connectivity index (χ0) is 20.4. The number of fused-ring (bicyclic) bond motifs is 5. The molecule has 3 saturated carbocycles. The first-order valence-corrected chi connectivity index (χ1v) is 11.8. The minimum Gasteiger partial charge on any atom is -0.390 e. The second-order valence-corrected chi connectivity index (χ2v) is 11.2. The van der Waals surface area contributed by atoms with E-state index in [1.165, 1.54) is 18.4 Å². The first-order chi connectivity index (χ1) is 13.8. The lowest BCUT2D eigenvalue weighted by atomic mass is 9.51. The molecule has 3 fully saturated rings. The van der Waals surface area contributed by atoms with Crippen molar-refractivity contribution in [3.63, 3.8) is 0 Å². The van der Waals surface area contributed by atoms with Gasteiger partial charge >= 0.3 is 0 Å². The number of hydrogen-bond acceptors (Lipinski definition) is 3. The van der Waals surface area contributed by atoms with E-state index in [2.05, 4.69) is 18.1 Å². The summed E-state index contributed by atoms with van der Waals surface area (Å²) in [5.74, 6) is 3.25. The van der Waals surface area contributed by atoms with E-state index < -0.39 is 5.60 Å². The van der Waals surface area contributed by atoms with Crippen LogP contribution in [-0.2, 0) is 11.3 Å². The van der Waals surface area contributed by atoms with Crippen LogP contribution in [0.25, 0.3) is 0 Å². The molecule has 1 heterocycles. The van der Waals surface area contributed by atoms with Crippen LogP contribution in [0.3, 0.4) is 0 Å². The van der Waals surface area contributed by atoms with Crippen LogP contribution in [0.15, 0.2) is 24.0 Å². The van der Waals surface area contributed by atoms with Gasteiger partial charge in [0.15, 0.2) is 5.78 Å². The molecule has 0 aromatic carbocycles. The number of nitrogens with zero attached hydrogens (tertiary/aromatic N) is 2. The molecule has 7 atom stereocenters. The SMILES string of the molecule is C[C@@]1(O)CC[C@H]2C(=CC[C@@H]3[C@@H]2CC[C@]2(C)[C@@H](C(=O)Cn4cc(Cl)cn4)CC[C@@H]32)C1. The Morgan fingerprint density at radius 1 is 1.24 bits per heavy atom. The summed E-state index contributed by atoms with van der Waals surface area (Å²) in [6.45, 7) is 4.73. The van der Waals surface area contributed by atoms with Crippen molar-refractivity contribution in [3.8, 4) is 0 Å². The molecule has 4 aliphatic carbocycles. The number of aliphatic hydroxyl groups is 1. The highest BCUT2D eigenvalue weighted by Crippen LogP contribution is 2.63. The Labute approximate surface area is 178 Å². The first kappa shape index (κ1) is 19.8. The molecular formula is C24H33ClN2O2. The standard InChI is InChI=1S/C24H33ClN2O2/c1-23(29)9-7-17-15(11-23)3-4-19-18(17)8-10-24(2)20(19)5-6-21(24)22(28)14-27-13-16(25)12-26-27/h3,12-13,17-21,29H,4-11,14H2,1-2H3/t17-,18+,19+,20-,21+,23+,24-/m0/s1. The monoisotopic (exact) mass is 416 g/mol. The van der Waals surface area contributed by atoms with E-state index >= 15 is 0 Å². The van der Waals surface area contributed by atoms with Crippen LogP contribution in [0.1, 0.15) is 65.2 Å². The van der Waals surface area contributed by atoms with E-state index in [1.54, 1.807) is 17.1 Å². The van der Waals surface area contributed by atoms with Gasteiger partial charge in [-0.05, 0) is 87.4 Å². The number of carbonyl (C=O) groups excluding carboxylic acids is 1. The summed E-state index contributed by atoms with van der Waals surface area (Å²) < 4.78 is 1.69. The molecule has 0 unspecified atom stereocenters. The van der Waals surface area contributed by atoms with Crippen molar-refractivity contribution in [2.45, 2.75) is 77.4 Å². The van der Waals surface area contributed by atoms with Gasteiger partial charge in [0.1, 0.15) is 0 Å². The Kier molecular flexibility index (Phi) is 4.75. The molecule has 0 saturated heterocycles. The molecule has 1 N–H and O–H groups in total. The second kappa shape index (κ2) is 6.95. The third-order valence-electron chi connectivity index (χ3n) is 9.02. The van der Waals surface area contributed by atoms with Gasteiger partial charge in [-0.25, -0.2) is 0 Å². The largest absolute Gasteiger partial charge is 0.390 e. The van der Waals surface area contributed by atoms with Crippen LogP contribution < -0.4 is 0 Å². The number of hydrogen-bond donors (Lipinski definition) is 1. The quantitative estimate of drug-likeness (QED) is 0.702. The summed E-state index contributed by atoms with van der Waals surface area (Å²) in [6, 6.07) is 0. The normalized spacial score (nSPS) is 43.9. The molecule has 5 rings (SSSR count). The molecule has 158 valence electrons. The van der Waals surface area contributed by atoms with Gasteiger partial charge < -0.3 is 5.11 Å². The van der Waals surface area contributed by atoms with Gasteiger partial charge in [0.25, 0.3) is 0 Å². The summed E-state index contributed by atoms with van der Waals surface area (Å²) in [7, 11) is 0. The van der Waals surface area contributed by atoms with Gasteiger partial charge in [0.05, 0.1) is 23.4 Å². The van der Waals surface area contributed by atoms with Crippen molar-refractivity contribution in [3.05, 3.63) is 29.1 Å². The molecule has 0 bridgehead atoms. The maximum absolute atomic E-state index is 13.2. The predicted octanol–water partition coefficient (Wildman–Crippen LogP) is 5.05. The van der Waals surface area contributed by atoms with Crippen LogP contribution in [0.4, 0.5) is 0 Å². The van der Waals surface area contributed by atoms with E-state index in [-0.39, 0.29) is 11.3 Å². The van der Waals surface area contributed by atoms with Crippen molar-refractivity contribution in [1.29, 1.82) is 0 Å². The Morgan fingerprint density at radius 2 is 2.07 bits per heavy atom. The molecule has 1 aromatic rings. The number of Topliss-reactive ketones (excluding diaryl/α,β-unsaturated/α-hetero) is 1. The molecule has 29 heavy (non-hydrogen) atoms. The number of aromatic nitrogens is 2. The molecular weight excluding hydrogens is 384 g/mol. The van der Waals surface area contributed by atoms with E-state index in [1.807, 2.05) is 6.92 Å². The highest BCUT2D eigenvalue weighted by Gasteiger charge is 2.57. The predicted molar refractivity (Wildman–Crippen MR) is 113 cm³/mol. The Bertz CT molecular complexity index is 844. The fourth-order valence-electron chi connectivity index (χ4n) is 7.69. The molecule has 4 aliphatic rings. The fourth-order valence-corrected chi connectivity index (χ4v) is 7.85. The average molecular weight is 417 g/mol. The molecule has 0 spiro atoms. The van der Waals surface area contributed by atoms with Gasteiger partial charge in [0.2, 0.25) is 0 Å². The van der Waals surface area contributed by atoms with Gasteiger partial charge in [-0.15, -0.1) is 0 Å². The van der Waals surface area contributed by atoms with Crippen molar-refractivity contribution >= 4 is 17.4 Å². The van der Waals surface area contributed by atoms with Crippen LogP contribution in [-0.4, -0.2) is 26.3 Å². The van der Waals surface area contributed by atoms with Crippen molar-refractivity contribution in [1.82, 2.24) is 9.78 Å². The van der Waals surface area contributed by atoms with Crippen LogP contribution in [0.5, 0.6) is 0 Å². The lowest BCUT2D eigenvalue weighted by Crippen LogP contribution is -2.48. The Morgan fingerprint density at radius 3 is 2.83 bits per heavy atom. The van der Waals surface area contributed by atoms with E-state index in [0.717, 1.165) is 44.4 Å². The van der Waals surface area contributed by atoms with Gasteiger partial charge in [-0.2, -0.15) is 5.10 Å². The van der Waals surface area contributed by atoms with Crippen molar-refractivity contribution in [2.24, 2.45) is 35.0 Å². The third kappa shape index (κ3) is 3.31. The zero-order valence-corrected chi connectivity index (χ0v) is 18.4. The van der Waals surface area contributed by atoms with E-state index in [4.69, 9.17) is 11.6 Å². The topological polar surface area (TPSA) is 55.1 Å². The zero-order valence-electron chi connectivity index (χ0n) is 17.6. The van der Waals surface area contributed by atoms with E-state index in [0.29, 0.717) is 35.1 Å². The maximum atomic E-state index is 13.2. The van der Waals surface area contributed by atoms with Crippen molar-refractivity contribution < 1.29 is 9.90 Å². The summed E-state index contributed by atoms with van der Waals surface area (Å²) in [5.41, 5.74) is 1.13. The first-order valence-electron chi connectivity index (χ1n) is 11.4. The minimum absolute atomic E-state index is 0.126. The molecule has 0 radical (unpaired) electrons. The maximum Gasteiger partial charge on any atom is 0.157 e. The van der Waals surface area contributed by atoms with E-state index in [9.17, 15) is 9.90 Å². The minimum atomic E-state index is -0.515. The number of rotatable bonds is 3. The van der Waals surface area contributed by atoms with Crippen molar-refractivity contribution in [2.75, 3.05) is 0 Å². The number of halogens is 1. The van der Waals surface area contributed by atoms with Crippen LogP contribution in [0, 0.1) is 35.0 Å². The van der Waals surface area contributed by atoms with Crippen LogP contribution >= 0.6 is 11.6 Å². The Hall–Kier alpha value is -1.13. The molecule has 1 aromatic heterocycles. The molecule has 0 aliphatic heterocycles. The third-order valence-corrected chi connectivity index (χ3v) is 9.22. The van der Waals surface area contributed by atoms with Crippen LogP contribution in [0.2, 0.25) is 5.02 Å². The highest BCUT2D eigenvalue weighted by atomic mass is 35.5. The highest BCUT2D eigenvalue weighted by molar-refractivity contribution is 6.30. The van der Waals surface area contributed by atoms with Gasteiger partial charge in [0, 0.05) is 12.1 Å². The Balaban J connectivity index is 1.34. The average Bonchev–Trinajstić information content (AvgIpc) is 3.22. The summed E-state index contributed by atoms with van der Waals surface area (Å²) in [4.78, 5) is 13.2. The fraction of sp³-hybridized carbons (Fsp3) is 0.750. The smallest absolute Gasteiger partial charge is 0.157 e. The lowest BCUT2D eigenvalue weighted by Gasteiger charge is -2.54. The summed E-state index contributed by atoms with van der Waals surface area (Å²) in [6.07, 6.45) is 14.5. The lowest BCUT2D eigenvalue weighted by molar-refractivity contribution is -0.129. The second-order valence-electron chi connectivity index (χ2n) is 10.8. The number of ketones is 1. The molecule has 0 amide bonds. The summed E-state index contributed by atoms with van der Waals surface area (Å²) in [5, 5.41) is 15.3. The van der Waals surface area contributed by atoms with Gasteiger partial charge in [-0.1, -0.05) is 30.2 Å². The molecule has 5 heteroatoms. The number of carbonyl (C=O) groups is 1. The van der Waals surface area contributed by atoms with Gasteiger partial charge in [-0.3, -0.25) is 9.48 Å². The molecule has 4 nitrogen and oxygen atoms in total. The summed E-state index contributed by atoms with van der Waals surface area (Å²) >= 11 is 5.98. The number of allylic oxidation sites excluding steroid dienone is 1.